The molecule has 0 radical (unpaired) electrons. The van der Waals surface area contributed by atoms with Crippen LogP contribution in [0.15, 0.2) is 49.6 Å². The Labute approximate surface area is 113 Å². The molecule has 1 aromatic carbocycles. The molecule has 0 aliphatic carbocycles. The Bertz CT molecular complexity index is 422. The second kappa shape index (κ2) is 7.56. The molecule has 1 amide bonds. The second-order valence-corrected chi connectivity index (χ2v) is 4.12. The molecule has 1 N–H and O–H groups in total. The van der Waals surface area contributed by atoms with Crippen LogP contribution in [0.25, 0.3) is 0 Å². The van der Waals surface area contributed by atoms with Crippen LogP contribution in [0.1, 0.15) is 0 Å². The van der Waals surface area contributed by atoms with Crippen molar-refractivity contribution in [3.63, 3.8) is 0 Å². The van der Waals surface area contributed by atoms with Gasteiger partial charge in [-0.15, -0.1) is 13.2 Å². The molecule has 0 aliphatic heterocycles. The van der Waals surface area contributed by atoms with Gasteiger partial charge < -0.3 is 10.2 Å². The molecule has 1 rings (SSSR count). The van der Waals surface area contributed by atoms with E-state index in [0.717, 1.165) is 5.69 Å². The molecule has 0 bridgehead atoms. The molecule has 0 saturated carbocycles. The fourth-order valence-electron chi connectivity index (χ4n) is 1.48. The van der Waals surface area contributed by atoms with Crippen LogP contribution in [0.3, 0.4) is 0 Å². The molecule has 0 fully saturated rings. The van der Waals surface area contributed by atoms with Crippen LogP contribution in [0.2, 0.25) is 5.02 Å². The average molecular weight is 265 g/mol. The maximum atomic E-state index is 11.9. The van der Waals surface area contributed by atoms with E-state index in [1.54, 1.807) is 23.1 Å². The highest BCUT2D eigenvalue weighted by Crippen LogP contribution is 2.19. The normalized spacial score (nSPS) is 9.61. The molecule has 0 aliphatic rings. The quantitative estimate of drug-likeness (QED) is 0.768. The lowest BCUT2D eigenvalue weighted by atomic mass is 10.3. The van der Waals surface area contributed by atoms with Gasteiger partial charge in [0, 0.05) is 13.1 Å². The highest BCUT2D eigenvalue weighted by atomic mass is 35.5. The van der Waals surface area contributed by atoms with Crippen molar-refractivity contribution in [1.82, 2.24) is 4.90 Å². The van der Waals surface area contributed by atoms with E-state index in [-0.39, 0.29) is 12.5 Å². The molecule has 0 heterocycles. The van der Waals surface area contributed by atoms with Gasteiger partial charge in [0.05, 0.1) is 17.3 Å². The van der Waals surface area contributed by atoms with Crippen LogP contribution in [-0.2, 0) is 4.79 Å². The van der Waals surface area contributed by atoms with Crippen LogP contribution < -0.4 is 5.32 Å². The van der Waals surface area contributed by atoms with E-state index in [4.69, 9.17) is 11.6 Å². The van der Waals surface area contributed by atoms with Crippen molar-refractivity contribution < 1.29 is 4.79 Å². The van der Waals surface area contributed by atoms with E-state index in [1.807, 2.05) is 18.2 Å². The summed E-state index contributed by atoms with van der Waals surface area (Å²) in [5.74, 6) is -0.0188. The van der Waals surface area contributed by atoms with Gasteiger partial charge in [0.2, 0.25) is 5.91 Å². The molecule has 0 atom stereocenters. The van der Waals surface area contributed by atoms with Crippen molar-refractivity contribution in [1.29, 1.82) is 0 Å². The fraction of sp³-hybridized carbons (Fsp3) is 0.214. The van der Waals surface area contributed by atoms with Gasteiger partial charge >= 0.3 is 0 Å². The summed E-state index contributed by atoms with van der Waals surface area (Å²) >= 11 is 5.99. The smallest absolute Gasteiger partial charge is 0.242 e. The summed E-state index contributed by atoms with van der Waals surface area (Å²) in [7, 11) is 0. The van der Waals surface area contributed by atoms with Crippen LogP contribution in [0.5, 0.6) is 0 Å². The SMILES string of the molecule is C=CCN(CC=C)C(=O)CNc1ccccc1Cl. The van der Waals surface area contributed by atoms with E-state index in [1.165, 1.54) is 0 Å². The predicted octanol–water partition coefficient (Wildman–Crippen LogP) is 2.95. The van der Waals surface area contributed by atoms with Crippen LogP contribution >= 0.6 is 11.6 Å². The predicted molar refractivity (Wildman–Crippen MR) is 76.9 cm³/mol. The van der Waals surface area contributed by atoms with E-state index in [9.17, 15) is 4.79 Å². The zero-order chi connectivity index (χ0) is 13.4. The summed E-state index contributed by atoms with van der Waals surface area (Å²) in [5.41, 5.74) is 0.754. The van der Waals surface area contributed by atoms with E-state index >= 15 is 0 Å². The number of nitrogens with one attached hydrogen (secondary N) is 1. The zero-order valence-electron chi connectivity index (χ0n) is 10.2. The van der Waals surface area contributed by atoms with E-state index in [0.29, 0.717) is 18.1 Å². The Kier molecular flexibility index (Phi) is 6.01. The first-order chi connectivity index (χ1) is 8.69. The summed E-state index contributed by atoms with van der Waals surface area (Å²) in [5, 5.41) is 3.62. The van der Waals surface area contributed by atoms with Gasteiger partial charge in [-0.3, -0.25) is 4.79 Å². The maximum absolute atomic E-state index is 11.9. The van der Waals surface area contributed by atoms with Crippen molar-refractivity contribution in [2.75, 3.05) is 25.0 Å². The van der Waals surface area contributed by atoms with Gasteiger partial charge in [0.15, 0.2) is 0 Å². The largest absolute Gasteiger partial charge is 0.375 e. The highest BCUT2D eigenvalue weighted by molar-refractivity contribution is 6.33. The van der Waals surface area contributed by atoms with Crippen molar-refractivity contribution in [3.8, 4) is 0 Å². The molecule has 18 heavy (non-hydrogen) atoms. The minimum Gasteiger partial charge on any atom is -0.375 e. The summed E-state index contributed by atoms with van der Waals surface area (Å²) in [6.45, 7) is 8.47. The number of halogens is 1. The molecular formula is C14H17ClN2O. The van der Waals surface area contributed by atoms with Gasteiger partial charge in [0.25, 0.3) is 0 Å². The Balaban J connectivity index is 2.56. The molecule has 0 spiro atoms. The third-order valence-corrected chi connectivity index (χ3v) is 2.69. The fourth-order valence-corrected chi connectivity index (χ4v) is 1.68. The second-order valence-electron chi connectivity index (χ2n) is 3.71. The Morgan fingerprint density at radius 1 is 1.28 bits per heavy atom. The molecule has 4 heteroatoms. The van der Waals surface area contributed by atoms with Crippen molar-refractivity contribution in [2.45, 2.75) is 0 Å². The molecule has 0 saturated heterocycles. The first-order valence-corrected chi connectivity index (χ1v) is 6.04. The Morgan fingerprint density at radius 2 is 1.89 bits per heavy atom. The monoisotopic (exact) mass is 264 g/mol. The number of para-hydroxylation sites is 1. The third-order valence-electron chi connectivity index (χ3n) is 2.36. The molecule has 3 nitrogen and oxygen atoms in total. The lowest BCUT2D eigenvalue weighted by Crippen LogP contribution is -2.35. The number of rotatable bonds is 7. The number of carbonyl (C=O) groups is 1. The van der Waals surface area contributed by atoms with Crippen molar-refractivity contribution in [3.05, 3.63) is 54.6 Å². The van der Waals surface area contributed by atoms with Crippen LogP contribution in [-0.4, -0.2) is 30.4 Å². The Hall–Kier alpha value is -1.74. The summed E-state index contributed by atoms with van der Waals surface area (Å²) in [6.07, 6.45) is 3.38. The first kappa shape index (κ1) is 14.3. The van der Waals surface area contributed by atoms with E-state index in [2.05, 4.69) is 18.5 Å². The average Bonchev–Trinajstić information content (AvgIpc) is 2.37. The number of nitrogens with zero attached hydrogens (tertiary/aromatic N) is 1. The number of carbonyl (C=O) groups excluding carboxylic acids is 1. The molecule has 0 aromatic heterocycles. The number of hydrogen-bond acceptors (Lipinski definition) is 2. The number of hydrogen-bond donors (Lipinski definition) is 1. The van der Waals surface area contributed by atoms with Gasteiger partial charge in [-0.2, -0.15) is 0 Å². The summed E-state index contributed by atoms with van der Waals surface area (Å²) in [4.78, 5) is 13.6. The van der Waals surface area contributed by atoms with E-state index < -0.39 is 0 Å². The van der Waals surface area contributed by atoms with Crippen LogP contribution in [0.4, 0.5) is 5.69 Å². The minimum atomic E-state index is -0.0188. The highest BCUT2D eigenvalue weighted by Gasteiger charge is 2.10. The molecule has 96 valence electrons. The number of amides is 1. The van der Waals surface area contributed by atoms with Crippen molar-refractivity contribution >= 4 is 23.2 Å². The molecule has 1 aromatic rings. The maximum Gasteiger partial charge on any atom is 0.242 e. The van der Waals surface area contributed by atoms with Crippen molar-refractivity contribution in [2.24, 2.45) is 0 Å². The zero-order valence-corrected chi connectivity index (χ0v) is 11.0. The third kappa shape index (κ3) is 4.26. The molecular weight excluding hydrogens is 248 g/mol. The summed E-state index contributed by atoms with van der Waals surface area (Å²) < 4.78 is 0. The van der Waals surface area contributed by atoms with Gasteiger partial charge in [-0.1, -0.05) is 35.9 Å². The topological polar surface area (TPSA) is 32.3 Å². The van der Waals surface area contributed by atoms with Crippen LogP contribution in [0, 0.1) is 0 Å². The van der Waals surface area contributed by atoms with Gasteiger partial charge in [-0.05, 0) is 12.1 Å². The number of benzene rings is 1. The standard InChI is InChI=1S/C14H17ClN2O/c1-3-9-17(10-4-2)14(18)11-16-13-8-6-5-7-12(13)15/h3-8,16H,1-2,9-11H2. The Morgan fingerprint density at radius 3 is 2.44 bits per heavy atom. The molecule has 0 unspecified atom stereocenters. The minimum absolute atomic E-state index is 0.0188. The number of anilines is 1. The van der Waals surface area contributed by atoms with Gasteiger partial charge in [0.1, 0.15) is 0 Å². The van der Waals surface area contributed by atoms with Gasteiger partial charge in [-0.25, -0.2) is 0 Å². The first-order valence-electron chi connectivity index (χ1n) is 5.67. The summed E-state index contributed by atoms with van der Waals surface area (Å²) in [6, 6.07) is 7.32. The lowest BCUT2D eigenvalue weighted by molar-refractivity contribution is -0.128. The lowest BCUT2D eigenvalue weighted by Gasteiger charge is -2.20.